The molecule has 0 aromatic heterocycles. The van der Waals surface area contributed by atoms with E-state index in [2.05, 4.69) is 39.0 Å². The molecular weight excluding hydrogens is 194 g/mol. The van der Waals surface area contributed by atoms with Crippen LogP contribution in [0, 0.1) is 13.8 Å². The smallest absolute Gasteiger partial charge is 0.00388 e. The van der Waals surface area contributed by atoms with E-state index >= 15 is 0 Å². The maximum absolute atomic E-state index is 6.00. The predicted octanol–water partition coefficient (Wildman–Crippen LogP) is 3.75. The van der Waals surface area contributed by atoms with Gasteiger partial charge < -0.3 is 5.73 Å². The number of aryl methyl sites for hydroxylation is 3. The molecule has 0 bridgehead atoms. The molecule has 0 aliphatic carbocycles. The quantitative estimate of drug-likeness (QED) is 0.774. The highest BCUT2D eigenvalue weighted by atomic mass is 14.6. The lowest BCUT2D eigenvalue weighted by atomic mass is 10.00. The van der Waals surface area contributed by atoms with Crippen molar-refractivity contribution in [3.63, 3.8) is 0 Å². The SMILES string of the molecule is CCCC(N)CCCc1ccc(C)c(C)c1. The minimum absolute atomic E-state index is 0.400. The van der Waals surface area contributed by atoms with Crippen LogP contribution in [0.15, 0.2) is 18.2 Å². The summed E-state index contributed by atoms with van der Waals surface area (Å²) in [6.45, 7) is 6.54. The van der Waals surface area contributed by atoms with E-state index < -0.39 is 0 Å². The average molecular weight is 219 g/mol. The molecule has 0 aliphatic heterocycles. The van der Waals surface area contributed by atoms with Crippen molar-refractivity contribution in [2.45, 2.75) is 58.9 Å². The van der Waals surface area contributed by atoms with E-state index in [0.717, 1.165) is 12.8 Å². The Balaban J connectivity index is 2.34. The van der Waals surface area contributed by atoms with Crippen molar-refractivity contribution in [2.24, 2.45) is 5.73 Å². The minimum Gasteiger partial charge on any atom is -0.328 e. The van der Waals surface area contributed by atoms with Gasteiger partial charge in [-0.25, -0.2) is 0 Å². The summed E-state index contributed by atoms with van der Waals surface area (Å²) in [4.78, 5) is 0. The largest absolute Gasteiger partial charge is 0.328 e. The zero-order valence-electron chi connectivity index (χ0n) is 10.9. The lowest BCUT2D eigenvalue weighted by Gasteiger charge is -2.10. The molecule has 1 unspecified atom stereocenters. The van der Waals surface area contributed by atoms with Crippen LogP contribution in [0.3, 0.4) is 0 Å². The Morgan fingerprint density at radius 2 is 1.88 bits per heavy atom. The molecule has 1 aromatic rings. The number of benzene rings is 1. The van der Waals surface area contributed by atoms with E-state index in [-0.39, 0.29) is 0 Å². The van der Waals surface area contributed by atoms with Gasteiger partial charge in [-0.05, 0) is 56.2 Å². The molecule has 90 valence electrons. The van der Waals surface area contributed by atoms with Gasteiger partial charge in [-0.3, -0.25) is 0 Å². The van der Waals surface area contributed by atoms with Crippen molar-refractivity contribution in [2.75, 3.05) is 0 Å². The molecule has 1 nitrogen and oxygen atoms in total. The van der Waals surface area contributed by atoms with E-state index in [0.29, 0.717) is 6.04 Å². The van der Waals surface area contributed by atoms with Gasteiger partial charge in [0.05, 0.1) is 0 Å². The molecule has 0 radical (unpaired) electrons. The van der Waals surface area contributed by atoms with Crippen LogP contribution in [0.5, 0.6) is 0 Å². The van der Waals surface area contributed by atoms with Gasteiger partial charge in [0.2, 0.25) is 0 Å². The second-order valence-corrected chi connectivity index (χ2v) is 4.86. The Morgan fingerprint density at radius 3 is 2.50 bits per heavy atom. The molecule has 0 saturated heterocycles. The van der Waals surface area contributed by atoms with Gasteiger partial charge in [0, 0.05) is 6.04 Å². The molecule has 2 N–H and O–H groups in total. The molecule has 1 heteroatoms. The fourth-order valence-corrected chi connectivity index (χ4v) is 2.04. The Kier molecular flexibility index (Phi) is 5.54. The molecule has 1 aromatic carbocycles. The summed E-state index contributed by atoms with van der Waals surface area (Å²) in [5, 5.41) is 0. The highest BCUT2D eigenvalue weighted by molar-refractivity contribution is 5.29. The Hall–Kier alpha value is -0.820. The first-order chi connectivity index (χ1) is 7.63. The van der Waals surface area contributed by atoms with Gasteiger partial charge in [0.15, 0.2) is 0 Å². The van der Waals surface area contributed by atoms with Crippen molar-refractivity contribution in [1.29, 1.82) is 0 Å². The third kappa shape index (κ3) is 4.36. The number of hydrogen-bond acceptors (Lipinski definition) is 1. The van der Waals surface area contributed by atoms with Crippen LogP contribution in [0.4, 0.5) is 0 Å². The van der Waals surface area contributed by atoms with Crippen molar-refractivity contribution in [3.8, 4) is 0 Å². The summed E-state index contributed by atoms with van der Waals surface area (Å²) in [7, 11) is 0. The van der Waals surface area contributed by atoms with Crippen LogP contribution < -0.4 is 5.73 Å². The Labute approximate surface area is 100 Å². The van der Waals surface area contributed by atoms with Gasteiger partial charge in [-0.15, -0.1) is 0 Å². The molecule has 16 heavy (non-hydrogen) atoms. The molecule has 0 aliphatic rings. The van der Waals surface area contributed by atoms with E-state index in [4.69, 9.17) is 5.73 Å². The number of nitrogens with two attached hydrogens (primary N) is 1. The van der Waals surface area contributed by atoms with E-state index in [1.165, 1.54) is 36.0 Å². The van der Waals surface area contributed by atoms with Gasteiger partial charge >= 0.3 is 0 Å². The molecule has 0 amide bonds. The van der Waals surface area contributed by atoms with Crippen LogP contribution in [-0.2, 0) is 6.42 Å². The van der Waals surface area contributed by atoms with Crippen molar-refractivity contribution in [3.05, 3.63) is 34.9 Å². The second-order valence-electron chi connectivity index (χ2n) is 4.86. The lowest BCUT2D eigenvalue weighted by molar-refractivity contribution is 0.539. The average Bonchev–Trinajstić information content (AvgIpc) is 2.24. The molecular formula is C15H25N. The fourth-order valence-electron chi connectivity index (χ4n) is 2.04. The first-order valence-electron chi connectivity index (χ1n) is 6.45. The van der Waals surface area contributed by atoms with Crippen molar-refractivity contribution >= 4 is 0 Å². The third-order valence-corrected chi connectivity index (χ3v) is 3.27. The molecule has 0 fully saturated rings. The van der Waals surface area contributed by atoms with Gasteiger partial charge in [0.25, 0.3) is 0 Å². The van der Waals surface area contributed by atoms with Crippen LogP contribution in [0.2, 0.25) is 0 Å². The number of hydrogen-bond donors (Lipinski definition) is 1. The van der Waals surface area contributed by atoms with E-state index in [1.807, 2.05) is 0 Å². The van der Waals surface area contributed by atoms with Crippen molar-refractivity contribution < 1.29 is 0 Å². The molecule has 0 saturated carbocycles. The summed E-state index contributed by atoms with van der Waals surface area (Å²) in [6.07, 6.45) is 5.89. The zero-order valence-corrected chi connectivity index (χ0v) is 10.9. The van der Waals surface area contributed by atoms with Gasteiger partial charge in [-0.2, -0.15) is 0 Å². The maximum atomic E-state index is 6.00. The molecule has 1 rings (SSSR count). The third-order valence-electron chi connectivity index (χ3n) is 3.27. The monoisotopic (exact) mass is 219 g/mol. The molecule has 0 spiro atoms. The predicted molar refractivity (Wildman–Crippen MR) is 71.7 cm³/mol. The Morgan fingerprint density at radius 1 is 1.12 bits per heavy atom. The fraction of sp³-hybridized carbons (Fsp3) is 0.600. The minimum atomic E-state index is 0.400. The zero-order chi connectivity index (χ0) is 12.0. The number of rotatable bonds is 6. The van der Waals surface area contributed by atoms with Crippen LogP contribution >= 0.6 is 0 Å². The van der Waals surface area contributed by atoms with Crippen LogP contribution in [0.25, 0.3) is 0 Å². The molecule has 1 atom stereocenters. The summed E-state index contributed by atoms with van der Waals surface area (Å²) < 4.78 is 0. The van der Waals surface area contributed by atoms with Crippen LogP contribution in [-0.4, -0.2) is 6.04 Å². The van der Waals surface area contributed by atoms with Gasteiger partial charge in [0.1, 0.15) is 0 Å². The molecule has 0 heterocycles. The summed E-state index contributed by atoms with van der Waals surface area (Å²) in [6, 6.07) is 7.17. The van der Waals surface area contributed by atoms with E-state index in [1.54, 1.807) is 0 Å². The van der Waals surface area contributed by atoms with Gasteiger partial charge in [-0.1, -0.05) is 31.5 Å². The van der Waals surface area contributed by atoms with Crippen LogP contribution in [0.1, 0.15) is 49.3 Å². The standard InChI is InChI=1S/C15H25N/c1-4-6-15(16)8-5-7-14-10-9-12(2)13(3)11-14/h9-11,15H,4-8,16H2,1-3H3. The highest BCUT2D eigenvalue weighted by Gasteiger charge is 2.02. The lowest BCUT2D eigenvalue weighted by Crippen LogP contribution is -2.19. The highest BCUT2D eigenvalue weighted by Crippen LogP contribution is 2.13. The first kappa shape index (κ1) is 13.2. The maximum Gasteiger partial charge on any atom is 0.00388 e. The topological polar surface area (TPSA) is 26.0 Å². The summed E-state index contributed by atoms with van der Waals surface area (Å²) >= 11 is 0. The van der Waals surface area contributed by atoms with E-state index in [9.17, 15) is 0 Å². The first-order valence-corrected chi connectivity index (χ1v) is 6.45. The van der Waals surface area contributed by atoms with Crippen molar-refractivity contribution in [1.82, 2.24) is 0 Å². The summed E-state index contributed by atoms with van der Waals surface area (Å²) in [5.41, 5.74) is 10.2. The Bertz CT molecular complexity index is 317. The second kappa shape index (κ2) is 6.70. The normalized spacial score (nSPS) is 12.8. The summed E-state index contributed by atoms with van der Waals surface area (Å²) in [5.74, 6) is 0.